The molecule has 0 bridgehead atoms. The fourth-order valence-electron chi connectivity index (χ4n) is 1.38. The predicted octanol–water partition coefficient (Wildman–Crippen LogP) is 1.33. The molecule has 1 fully saturated rings. The van der Waals surface area contributed by atoms with Crippen LogP contribution in [0.3, 0.4) is 0 Å². The molecule has 1 aromatic heterocycles. The van der Waals surface area contributed by atoms with E-state index < -0.39 is 0 Å². The molecule has 0 aliphatic carbocycles. The van der Waals surface area contributed by atoms with Gasteiger partial charge in [-0.05, 0) is 12.8 Å². The number of amidine groups is 1. The molecule has 0 amide bonds. The zero-order valence-electron chi connectivity index (χ0n) is 9.51. The van der Waals surface area contributed by atoms with Crippen molar-refractivity contribution in [3.8, 4) is 0 Å². The zero-order valence-corrected chi connectivity index (χ0v) is 10.3. The molecule has 2 rings (SSSR count). The summed E-state index contributed by atoms with van der Waals surface area (Å²) < 4.78 is 4.90. The second-order valence-electron chi connectivity index (χ2n) is 3.99. The summed E-state index contributed by atoms with van der Waals surface area (Å²) in [6, 6.07) is 0.503. The molecule has 0 radical (unpaired) electrons. The Morgan fingerprint density at radius 3 is 3.19 bits per heavy atom. The second-order valence-corrected chi connectivity index (χ2v) is 5.00. The van der Waals surface area contributed by atoms with Gasteiger partial charge in [0.1, 0.15) is 0 Å². The van der Waals surface area contributed by atoms with Gasteiger partial charge in [-0.25, -0.2) is 0 Å². The van der Waals surface area contributed by atoms with E-state index in [0.717, 1.165) is 10.9 Å². The molecule has 0 saturated carbocycles. The summed E-state index contributed by atoms with van der Waals surface area (Å²) >= 11 is 1.78. The molecule has 1 aromatic rings. The Balaban J connectivity index is 1.79. The number of hydrogen-bond acceptors (Lipinski definition) is 5. The first-order chi connectivity index (χ1) is 7.75. The van der Waals surface area contributed by atoms with Crippen LogP contribution in [0, 0.1) is 5.92 Å². The van der Waals surface area contributed by atoms with E-state index in [2.05, 4.69) is 34.3 Å². The molecule has 1 aliphatic heterocycles. The molecule has 16 heavy (non-hydrogen) atoms. The van der Waals surface area contributed by atoms with Crippen LogP contribution in [-0.4, -0.2) is 33.6 Å². The summed E-state index contributed by atoms with van der Waals surface area (Å²) in [5, 5.41) is 7.98. The van der Waals surface area contributed by atoms with Crippen molar-refractivity contribution < 1.29 is 4.52 Å². The SMILES string of the molecule is CC1CSC(=NCCc2ncno2)NC1C. The van der Waals surface area contributed by atoms with Gasteiger partial charge >= 0.3 is 0 Å². The lowest BCUT2D eigenvalue weighted by Crippen LogP contribution is -2.41. The van der Waals surface area contributed by atoms with Gasteiger partial charge in [0, 0.05) is 18.2 Å². The molecule has 6 heteroatoms. The highest BCUT2D eigenvalue weighted by Crippen LogP contribution is 2.19. The molecule has 2 unspecified atom stereocenters. The van der Waals surface area contributed by atoms with Gasteiger partial charge in [-0.2, -0.15) is 4.98 Å². The Labute approximate surface area is 99.1 Å². The Kier molecular flexibility index (Phi) is 3.82. The first kappa shape index (κ1) is 11.4. The number of nitrogens with one attached hydrogen (secondary N) is 1. The van der Waals surface area contributed by atoms with Crippen molar-refractivity contribution >= 4 is 16.9 Å². The van der Waals surface area contributed by atoms with Gasteiger partial charge in [0.15, 0.2) is 11.5 Å². The summed E-state index contributed by atoms with van der Waals surface area (Å²) in [7, 11) is 0. The summed E-state index contributed by atoms with van der Waals surface area (Å²) in [6.45, 7) is 5.14. The van der Waals surface area contributed by atoms with Crippen molar-refractivity contribution in [2.45, 2.75) is 26.3 Å². The largest absolute Gasteiger partial charge is 0.362 e. The smallest absolute Gasteiger partial charge is 0.228 e. The van der Waals surface area contributed by atoms with E-state index in [4.69, 9.17) is 4.52 Å². The highest BCUT2D eigenvalue weighted by Gasteiger charge is 2.20. The standard InChI is InChI=1S/C10H16N4OS/c1-7-5-16-10(14-8(7)2)11-4-3-9-12-6-13-15-9/h6-8H,3-5H2,1-2H3,(H,11,14). The van der Waals surface area contributed by atoms with Crippen molar-refractivity contribution in [3.63, 3.8) is 0 Å². The van der Waals surface area contributed by atoms with E-state index >= 15 is 0 Å². The van der Waals surface area contributed by atoms with E-state index in [1.165, 1.54) is 6.33 Å². The molecular formula is C10H16N4OS. The molecule has 2 atom stereocenters. The van der Waals surface area contributed by atoms with Gasteiger partial charge in [-0.15, -0.1) is 0 Å². The molecule has 88 valence electrons. The average molecular weight is 240 g/mol. The van der Waals surface area contributed by atoms with Crippen LogP contribution in [-0.2, 0) is 6.42 Å². The molecule has 1 aliphatic rings. The molecule has 0 spiro atoms. The van der Waals surface area contributed by atoms with Crippen LogP contribution in [0.15, 0.2) is 15.8 Å². The molecule has 1 saturated heterocycles. The topological polar surface area (TPSA) is 63.3 Å². The highest BCUT2D eigenvalue weighted by atomic mass is 32.2. The summed E-state index contributed by atoms with van der Waals surface area (Å²) in [5.74, 6) is 2.47. The zero-order chi connectivity index (χ0) is 11.4. The van der Waals surface area contributed by atoms with E-state index in [0.29, 0.717) is 30.8 Å². The maximum atomic E-state index is 4.90. The lowest BCUT2D eigenvalue weighted by Gasteiger charge is -2.28. The van der Waals surface area contributed by atoms with Crippen LogP contribution in [0.25, 0.3) is 0 Å². The van der Waals surface area contributed by atoms with Gasteiger partial charge in [0.05, 0.1) is 6.54 Å². The Hall–Kier alpha value is -1.04. The third-order valence-corrected chi connectivity index (χ3v) is 3.89. The van der Waals surface area contributed by atoms with Gasteiger partial charge in [-0.1, -0.05) is 23.8 Å². The van der Waals surface area contributed by atoms with Gasteiger partial charge in [0.2, 0.25) is 5.89 Å². The molecular weight excluding hydrogens is 224 g/mol. The predicted molar refractivity (Wildman–Crippen MR) is 64.5 cm³/mol. The minimum atomic E-state index is 0.503. The number of hydrogen-bond donors (Lipinski definition) is 1. The third-order valence-electron chi connectivity index (χ3n) is 2.68. The van der Waals surface area contributed by atoms with E-state index in [-0.39, 0.29) is 0 Å². The lowest BCUT2D eigenvalue weighted by molar-refractivity contribution is 0.379. The molecule has 1 N–H and O–H groups in total. The maximum absolute atomic E-state index is 4.90. The van der Waals surface area contributed by atoms with Crippen LogP contribution in [0.5, 0.6) is 0 Å². The normalized spacial score (nSPS) is 28.0. The second kappa shape index (κ2) is 5.34. The Morgan fingerprint density at radius 1 is 1.62 bits per heavy atom. The first-order valence-corrected chi connectivity index (χ1v) is 6.43. The maximum Gasteiger partial charge on any atom is 0.228 e. The third kappa shape index (κ3) is 2.98. The van der Waals surface area contributed by atoms with Crippen LogP contribution < -0.4 is 5.32 Å². The number of thioether (sulfide) groups is 1. The molecule has 0 aromatic carbocycles. The van der Waals surface area contributed by atoms with Crippen LogP contribution in [0.1, 0.15) is 19.7 Å². The van der Waals surface area contributed by atoms with E-state index in [1.807, 2.05) is 0 Å². The van der Waals surface area contributed by atoms with E-state index in [1.54, 1.807) is 11.8 Å². The fraction of sp³-hybridized carbons (Fsp3) is 0.700. The Morgan fingerprint density at radius 2 is 2.50 bits per heavy atom. The molecule has 5 nitrogen and oxygen atoms in total. The average Bonchev–Trinajstić information content (AvgIpc) is 2.76. The lowest BCUT2D eigenvalue weighted by atomic mass is 10.1. The first-order valence-electron chi connectivity index (χ1n) is 5.45. The van der Waals surface area contributed by atoms with Gasteiger partial charge in [-0.3, -0.25) is 4.99 Å². The van der Waals surface area contributed by atoms with Crippen LogP contribution in [0.4, 0.5) is 0 Å². The highest BCUT2D eigenvalue weighted by molar-refractivity contribution is 8.13. The minimum Gasteiger partial charge on any atom is -0.362 e. The van der Waals surface area contributed by atoms with Crippen molar-refractivity contribution in [2.75, 3.05) is 12.3 Å². The van der Waals surface area contributed by atoms with Crippen molar-refractivity contribution in [2.24, 2.45) is 10.9 Å². The van der Waals surface area contributed by atoms with Gasteiger partial charge in [0.25, 0.3) is 0 Å². The number of aliphatic imine (C=N–C) groups is 1. The number of aromatic nitrogens is 2. The van der Waals surface area contributed by atoms with Crippen molar-refractivity contribution in [1.29, 1.82) is 0 Å². The quantitative estimate of drug-likeness (QED) is 0.863. The summed E-state index contributed by atoms with van der Waals surface area (Å²) in [6.07, 6.45) is 2.12. The number of rotatable bonds is 3. The van der Waals surface area contributed by atoms with E-state index in [9.17, 15) is 0 Å². The van der Waals surface area contributed by atoms with Crippen molar-refractivity contribution in [1.82, 2.24) is 15.5 Å². The van der Waals surface area contributed by atoms with Crippen LogP contribution in [0.2, 0.25) is 0 Å². The molecule has 2 heterocycles. The van der Waals surface area contributed by atoms with Crippen LogP contribution >= 0.6 is 11.8 Å². The van der Waals surface area contributed by atoms with Crippen molar-refractivity contribution in [3.05, 3.63) is 12.2 Å². The summed E-state index contributed by atoms with van der Waals surface area (Å²) in [5.41, 5.74) is 0. The minimum absolute atomic E-state index is 0.503. The fourth-order valence-corrected chi connectivity index (χ4v) is 2.55. The Bertz CT molecular complexity index is 352. The number of nitrogens with zero attached hydrogens (tertiary/aromatic N) is 3. The summed E-state index contributed by atoms with van der Waals surface area (Å²) in [4.78, 5) is 8.44. The van der Waals surface area contributed by atoms with Gasteiger partial charge < -0.3 is 9.84 Å². The monoisotopic (exact) mass is 240 g/mol.